The number of carbonyl (C=O) groups is 1. The predicted octanol–water partition coefficient (Wildman–Crippen LogP) is 8.68. The first-order valence-corrected chi connectivity index (χ1v) is 13.6. The number of aromatic nitrogens is 1. The standard InChI is InChI=1S/C34H37NO4/c1-7-24-10-9-11-25(8-2)33(24)30-19-32(39-28-16-14-26(15-17-28)34(36)37)29(23(6)35-30)20-38-31-18-27(21(3)4)13-12-22(31)5/h9-19,21H,7-8,20H2,1-6H3,(H,36,37). The van der Waals surface area contributed by atoms with Crippen LogP contribution in [0.15, 0.2) is 66.7 Å². The van der Waals surface area contributed by atoms with Gasteiger partial charge in [-0.25, -0.2) is 4.79 Å². The lowest BCUT2D eigenvalue weighted by molar-refractivity contribution is 0.0697. The first kappa shape index (κ1) is 27.9. The van der Waals surface area contributed by atoms with Gasteiger partial charge >= 0.3 is 5.97 Å². The number of hydrogen-bond acceptors (Lipinski definition) is 4. The third kappa shape index (κ3) is 6.31. The van der Waals surface area contributed by atoms with Gasteiger partial charge in [-0.1, -0.05) is 58.0 Å². The Kier molecular flexibility index (Phi) is 8.70. The monoisotopic (exact) mass is 523 g/mol. The molecule has 0 aliphatic rings. The summed E-state index contributed by atoms with van der Waals surface area (Å²) in [6, 6.07) is 21.2. The van der Waals surface area contributed by atoms with Gasteiger partial charge in [0.05, 0.1) is 16.8 Å². The van der Waals surface area contributed by atoms with Crippen LogP contribution in [-0.4, -0.2) is 16.1 Å². The molecule has 0 spiro atoms. The largest absolute Gasteiger partial charge is 0.488 e. The van der Waals surface area contributed by atoms with Gasteiger partial charge < -0.3 is 14.6 Å². The summed E-state index contributed by atoms with van der Waals surface area (Å²) in [6.45, 7) is 13.0. The summed E-state index contributed by atoms with van der Waals surface area (Å²) in [5.41, 5.74) is 8.66. The number of benzene rings is 3. The Balaban J connectivity index is 1.79. The zero-order valence-electron chi connectivity index (χ0n) is 23.7. The Bertz CT molecular complexity index is 1450. The second kappa shape index (κ2) is 12.2. The molecule has 0 unspecified atom stereocenters. The van der Waals surface area contributed by atoms with Crippen LogP contribution in [0, 0.1) is 13.8 Å². The maximum absolute atomic E-state index is 11.3. The molecule has 0 saturated carbocycles. The van der Waals surface area contributed by atoms with Crippen molar-refractivity contribution < 1.29 is 19.4 Å². The molecule has 39 heavy (non-hydrogen) atoms. The van der Waals surface area contributed by atoms with Gasteiger partial charge in [0.2, 0.25) is 0 Å². The van der Waals surface area contributed by atoms with Crippen LogP contribution in [-0.2, 0) is 19.4 Å². The van der Waals surface area contributed by atoms with Crippen molar-refractivity contribution >= 4 is 5.97 Å². The van der Waals surface area contributed by atoms with Crippen LogP contribution in [0.4, 0.5) is 0 Å². The van der Waals surface area contributed by atoms with Gasteiger partial charge in [-0.3, -0.25) is 4.98 Å². The normalized spacial score (nSPS) is 11.1. The van der Waals surface area contributed by atoms with Crippen molar-refractivity contribution in [1.82, 2.24) is 4.98 Å². The van der Waals surface area contributed by atoms with Crippen LogP contribution in [0.5, 0.6) is 17.2 Å². The first-order chi connectivity index (χ1) is 18.7. The average Bonchev–Trinajstić information content (AvgIpc) is 2.92. The molecule has 0 aliphatic heterocycles. The van der Waals surface area contributed by atoms with E-state index in [2.05, 4.69) is 64.1 Å². The molecule has 5 heteroatoms. The Labute approximate surface area is 231 Å². The molecule has 202 valence electrons. The van der Waals surface area contributed by atoms with Crippen LogP contribution in [0.3, 0.4) is 0 Å². The van der Waals surface area contributed by atoms with Crippen molar-refractivity contribution in [2.24, 2.45) is 0 Å². The number of rotatable bonds is 10. The lowest BCUT2D eigenvalue weighted by Crippen LogP contribution is -2.06. The Morgan fingerprint density at radius 3 is 2.15 bits per heavy atom. The summed E-state index contributed by atoms with van der Waals surface area (Å²) in [7, 11) is 0. The second-order valence-electron chi connectivity index (χ2n) is 10.1. The molecule has 0 fully saturated rings. The van der Waals surface area contributed by atoms with E-state index < -0.39 is 5.97 Å². The van der Waals surface area contributed by atoms with E-state index in [-0.39, 0.29) is 5.56 Å². The topological polar surface area (TPSA) is 68.7 Å². The lowest BCUT2D eigenvalue weighted by Gasteiger charge is -2.19. The van der Waals surface area contributed by atoms with Crippen LogP contribution in [0.2, 0.25) is 0 Å². The van der Waals surface area contributed by atoms with Gasteiger partial charge in [-0.05, 0) is 85.2 Å². The van der Waals surface area contributed by atoms with Crippen molar-refractivity contribution in [1.29, 1.82) is 0 Å². The number of nitrogens with zero attached hydrogens (tertiary/aromatic N) is 1. The predicted molar refractivity (Wildman–Crippen MR) is 156 cm³/mol. The average molecular weight is 524 g/mol. The van der Waals surface area contributed by atoms with Crippen molar-refractivity contribution in [3.8, 4) is 28.5 Å². The number of ether oxygens (including phenoxy) is 2. The lowest BCUT2D eigenvalue weighted by atomic mass is 9.94. The molecule has 4 rings (SSSR count). The van der Waals surface area contributed by atoms with E-state index in [1.165, 1.54) is 16.7 Å². The minimum absolute atomic E-state index is 0.211. The number of aryl methyl sites for hydroxylation is 4. The minimum Gasteiger partial charge on any atom is -0.488 e. The van der Waals surface area contributed by atoms with Gasteiger partial charge in [0.25, 0.3) is 0 Å². The zero-order chi connectivity index (χ0) is 28.1. The van der Waals surface area contributed by atoms with E-state index in [0.717, 1.165) is 46.7 Å². The molecule has 0 radical (unpaired) electrons. The van der Waals surface area contributed by atoms with E-state index in [9.17, 15) is 9.90 Å². The van der Waals surface area contributed by atoms with Crippen molar-refractivity contribution in [3.05, 3.63) is 106 Å². The number of carboxylic acids is 1. The summed E-state index contributed by atoms with van der Waals surface area (Å²) in [4.78, 5) is 16.4. The fraction of sp³-hybridized carbons (Fsp3) is 0.294. The fourth-order valence-corrected chi connectivity index (χ4v) is 4.71. The van der Waals surface area contributed by atoms with Crippen LogP contribution >= 0.6 is 0 Å². The highest BCUT2D eigenvalue weighted by Gasteiger charge is 2.18. The molecule has 1 aromatic heterocycles. The van der Waals surface area contributed by atoms with Gasteiger partial charge in [-0.15, -0.1) is 0 Å². The summed E-state index contributed by atoms with van der Waals surface area (Å²) in [5.74, 6) is 1.46. The summed E-state index contributed by atoms with van der Waals surface area (Å²) in [5, 5.41) is 9.30. The Hall–Kier alpha value is -4.12. The first-order valence-electron chi connectivity index (χ1n) is 13.6. The fourth-order valence-electron chi connectivity index (χ4n) is 4.71. The second-order valence-corrected chi connectivity index (χ2v) is 10.1. The highest BCUT2D eigenvalue weighted by molar-refractivity contribution is 5.87. The molecule has 0 aliphatic carbocycles. The molecular formula is C34H37NO4. The molecule has 3 aromatic carbocycles. The number of pyridine rings is 1. The highest BCUT2D eigenvalue weighted by atomic mass is 16.5. The van der Waals surface area contributed by atoms with Crippen molar-refractivity contribution in [2.45, 2.75) is 66.9 Å². The van der Waals surface area contributed by atoms with Crippen molar-refractivity contribution in [2.75, 3.05) is 0 Å². The van der Waals surface area contributed by atoms with Crippen molar-refractivity contribution in [3.63, 3.8) is 0 Å². The number of aromatic carboxylic acids is 1. The molecule has 0 saturated heterocycles. The summed E-state index contributed by atoms with van der Waals surface area (Å²) >= 11 is 0. The Morgan fingerprint density at radius 2 is 1.56 bits per heavy atom. The molecule has 0 amide bonds. The molecule has 1 N–H and O–H groups in total. The minimum atomic E-state index is -0.972. The maximum Gasteiger partial charge on any atom is 0.335 e. The van der Waals surface area contributed by atoms with Crippen LogP contribution in [0.25, 0.3) is 11.3 Å². The smallest absolute Gasteiger partial charge is 0.335 e. The quantitative estimate of drug-likeness (QED) is 0.225. The zero-order valence-corrected chi connectivity index (χ0v) is 23.7. The van der Waals surface area contributed by atoms with Gasteiger partial charge in [-0.2, -0.15) is 0 Å². The third-order valence-corrected chi connectivity index (χ3v) is 7.13. The van der Waals surface area contributed by atoms with Gasteiger partial charge in [0.1, 0.15) is 23.9 Å². The highest BCUT2D eigenvalue weighted by Crippen LogP contribution is 2.36. The molecule has 1 heterocycles. The maximum atomic E-state index is 11.3. The molecule has 0 bridgehead atoms. The molecular weight excluding hydrogens is 486 g/mol. The molecule has 0 atom stereocenters. The summed E-state index contributed by atoms with van der Waals surface area (Å²) < 4.78 is 12.8. The van der Waals surface area contributed by atoms with Crippen LogP contribution in [0.1, 0.15) is 77.5 Å². The number of hydrogen-bond donors (Lipinski definition) is 1. The van der Waals surface area contributed by atoms with E-state index in [4.69, 9.17) is 14.5 Å². The third-order valence-electron chi connectivity index (χ3n) is 7.13. The van der Waals surface area contributed by atoms with E-state index in [0.29, 0.717) is 24.0 Å². The van der Waals surface area contributed by atoms with Gasteiger partial charge in [0.15, 0.2) is 0 Å². The van der Waals surface area contributed by atoms with E-state index in [1.807, 2.05) is 19.9 Å². The SMILES string of the molecule is CCc1cccc(CC)c1-c1cc(Oc2ccc(C(=O)O)cc2)c(COc2cc(C(C)C)ccc2C)c(C)n1. The van der Waals surface area contributed by atoms with E-state index >= 15 is 0 Å². The summed E-state index contributed by atoms with van der Waals surface area (Å²) in [6.07, 6.45) is 1.79. The van der Waals surface area contributed by atoms with E-state index in [1.54, 1.807) is 24.3 Å². The van der Waals surface area contributed by atoms with Crippen LogP contribution < -0.4 is 9.47 Å². The Morgan fingerprint density at radius 1 is 0.897 bits per heavy atom. The molecule has 4 aromatic rings. The number of carboxylic acid groups (broad SMARTS) is 1. The molecule has 5 nitrogen and oxygen atoms in total. The van der Waals surface area contributed by atoms with Gasteiger partial charge in [0, 0.05) is 17.3 Å².